The predicted molar refractivity (Wildman–Crippen MR) is 66.6 cm³/mol. The van der Waals surface area contributed by atoms with Crippen LogP contribution in [0, 0.1) is 0 Å². The Bertz CT molecular complexity index is 297. The molecule has 0 aliphatic carbocycles. The summed E-state index contributed by atoms with van der Waals surface area (Å²) < 4.78 is 0. The van der Waals surface area contributed by atoms with Gasteiger partial charge in [0.2, 0.25) is 11.8 Å². The molecule has 1 saturated heterocycles. The van der Waals surface area contributed by atoms with Crippen LogP contribution in [0.15, 0.2) is 0 Å². The summed E-state index contributed by atoms with van der Waals surface area (Å²) in [6, 6.07) is -0.133. The van der Waals surface area contributed by atoms with Crippen molar-refractivity contribution in [2.75, 3.05) is 19.6 Å². The van der Waals surface area contributed by atoms with Crippen molar-refractivity contribution in [3.05, 3.63) is 0 Å². The number of amides is 2. The van der Waals surface area contributed by atoms with Gasteiger partial charge in [-0.05, 0) is 27.2 Å². The van der Waals surface area contributed by atoms with Gasteiger partial charge in [0.05, 0.1) is 12.6 Å². The Hall–Kier alpha value is -1.10. The van der Waals surface area contributed by atoms with Crippen molar-refractivity contribution in [3.63, 3.8) is 0 Å². The minimum Gasteiger partial charge on any atom is -0.350 e. The molecular formula is C12H23N3O2. The Kier molecular flexibility index (Phi) is 4.51. The van der Waals surface area contributed by atoms with Crippen LogP contribution in [-0.4, -0.2) is 47.9 Å². The molecule has 0 spiro atoms. The van der Waals surface area contributed by atoms with Crippen molar-refractivity contribution in [2.24, 2.45) is 0 Å². The maximum absolute atomic E-state index is 11.9. The largest absolute Gasteiger partial charge is 0.350 e. The fourth-order valence-corrected chi connectivity index (χ4v) is 1.90. The summed E-state index contributed by atoms with van der Waals surface area (Å²) in [7, 11) is 0. The smallest absolute Gasteiger partial charge is 0.240 e. The van der Waals surface area contributed by atoms with Crippen molar-refractivity contribution in [3.8, 4) is 0 Å². The number of piperazine rings is 1. The summed E-state index contributed by atoms with van der Waals surface area (Å²) >= 11 is 0. The molecule has 1 unspecified atom stereocenters. The highest BCUT2D eigenvalue weighted by atomic mass is 16.2. The second-order valence-electron chi connectivity index (χ2n) is 5.47. The standard InChI is InChI=1S/C12H23N3O2/c1-5-9-11(17)15(7-6-13-9)8-10(16)14-12(2,3)4/h9,13H,5-8H2,1-4H3,(H,14,16). The lowest BCUT2D eigenvalue weighted by Crippen LogP contribution is -2.57. The molecule has 1 aliphatic heterocycles. The van der Waals surface area contributed by atoms with E-state index in [1.54, 1.807) is 4.90 Å². The average Bonchev–Trinajstić information content (AvgIpc) is 2.18. The van der Waals surface area contributed by atoms with Crippen molar-refractivity contribution in [1.29, 1.82) is 0 Å². The Morgan fingerprint density at radius 1 is 1.53 bits per heavy atom. The van der Waals surface area contributed by atoms with Crippen molar-refractivity contribution >= 4 is 11.8 Å². The van der Waals surface area contributed by atoms with Crippen molar-refractivity contribution in [1.82, 2.24) is 15.5 Å². The molecule has 0 aromatic carbocycles. The van der Waals surface area contributed by atoms with E-state index in [0.717, 1.165) is 13.0 Å². The average molecular weight is 241 g/mol. The highest BCUT2D eigenvalue weighted by Gasteiger charge is 2.28. The normalized spacial score (nSPS) is 21.5. The second-order valence-corrected chi connectivity index (χ2v) is 5.47. The van der Waals surface area contributed by atoms with E-state index in [2.05, 4.69) is 10.6 Å². The van der Waals surface area contributed by atoms with Gasteiger partial charge >= 0.3 is 0 Å². The third-order valence-corrected chi connectivity index (χ3v) is 2.64. The second kappa shape index (κ2) is 5.49. The van der Waals surface area contributed by atoms with Crippen LogP contribution in [0.4, 0.5) is 0 Å². The number of carbonyl (C=O) groups is 2. The number of rotatable bonds is 3. The summed E-state index contributed by atoms with van der Waals surface area (Å²) in [4.78, 5) is 25.3. The zero-order chi connectivity index (χ0) is 13.1. The van der Waals surface area contributed by atoms with Crippen LogP contribution in [0.5, 0.6) is 0 Å². The number of hydrogen-bond acceptors (Lipinski definition) is 3. The molecule has 0 aromatic rings. The van der Waals surface area contributed by atoms with Gasteiger partial charge in [0.15, 0.2) is 0 Å². The lowest BCUT2D eigenvalue weighted by molar-refractivity contribution is -0.140. The van der Waals surface area contributed by atoms with Crippen LogP contribution in [0.3, 0.4) is 0 Å². The molecule has 1 fully saturated rings. The summed E-state index contributed by atoms with van der Waals surface area (Å²) in [6.45, 7) is 9.28. The van der Waals surface area contributed by atoms with E-state index < -0.39 is 0 Å². The number of nitrogens with one attached hydrogen (secondary N) is 2. The first-order chi connectivity index (χ1) is 7.83. The molecule has 1 heterocycles. The van der Waals surface area contributed by atoms with Crippen LogP contribution < -0.4 is 10.6 Å². The molecule has 17 heavy (non-hydrogen) atoms. The molecule has 0 radical (unpaired) electrons. The van der Waals surface area contributed by atoms with E-state index in [4.69, 9.17) is 0 Å². The highest BCUT2D eigenvalue weighted by Crippen LogP contribution is 2.05. The Morgan fingerprint density at radius 2 is 2.18 bits per heavy atom. The summed E-state index contributed by atoms with van der Waals surface area (Å²) in [6.07, 6.45) is 0.760. The monoisotopic (exact) mass is 241 g/mol. The van der Waals surface area contributed by atoms with Gasteiger partial charge in [0.1, 0.15) is 0 Å². The third kappa shape index (κ3) is 4.34. The molecule has 1 rings (SSSR count). The minimum absolute atomic E-state index is 0.0304. The molecule has 2 amide bonds. The van der Waals surface area contributed by atoms with Crippen LogP contribution in [0.1, 0.15) is 34.1 Å². The topological polar surface area (TPSA) is 61.4 Å². The fraction of sp³-hybridized carbons (Fsp3) is 0.833. The molecule has 0 saturated carbocycles. The fourth-order valence-electron chi connectivity index (χ4n) is 1.90. The van der Waals surface area contributed by atoms with E-state index in [-0.39, 0.29) is 29.9 Å². The highest BCUT2D eigenvalue weighted by molar-refractivity contribution is 5.88. The van der Waals surface area contributed by atoms with Gasteiger partial charge in [-0.3, -0.25) is 9.59 Å². The van der Waals surface area contributed by atoms with E-state index in [9.17, 15) is 9.59 Å². The van der Waals surface area contributed by atoms with Gasteiger partial charge in [-0.15, -0.1) is 0 Å². The molecule has 5 nitrogen and oxygen atoms in total. The number of nitrogens with zero attached hydrogens (tertiary/aromatic N) is 1. The quantitative estimate of drug-likeness (QED) is 0.737. The Morgan fingerprint density at radius 3 is 2.71 bits per heavy atom. The lowest BCUT2D eigenvalue weighted by atomic mass is 10.1. The van der Waals surface area contributed by atoms with Gasteiger partial charge in [-0.25, -0.2) is 0 Å². The van der Waals surface area contributed by atoms with Crippen LogP contribution >= 0.6 is 0 Å². The van der Waals surface area contributed by atoms with E-state index in [1.807, 2.05) is 27.7 Å². The van der Waals surface area contributed by atoms with E-state index in [1.165, 1.54) is 0 Å². The maximum atomic E-state index is 11.9. The van der Waals surface area contributed by atoms with Gasteiger partial charge in [-0.2, -0.15) is 0 Å². The van der Waals surface area contributed by atoms with Crippen molar-refractivity contribution < 1.29 is 9.59 Å². The first-order valence-electron chi connectivity index (χ1n) is 6.16. The Balaban J connectivity index is 2.50. The van der Waals surface area contributed by atoms with Crippen molar-refractivity contribution in [2.45, 2.75) is 45.7 Å². The SMILES string of the molecule is CCC1NCCN(CC(=O)NC(C)(C)C)C1=O. The molecule has 2 N–H and O–H groups in total. The Labute approximate surface area is 103 Å². The third-order valence-electron chi connectivity index (χ3n) is 2.64. The van der Waals surface area contributed by atoms with Gasteiger partial charge in [0, 0.05) is 18.6 Å². The molecule has 98 valence electrons. The zero-order valence-corrected chi connectivity index (χ0v) is 11.2. The van der Waals surface area contributed by atoms with Gasteiger partial charge in [-0.1, -0.05) is 6.92 Å². The molecule has 1 aliphatic rings. The molecule has 0 aromatic heterocycles. The minimum atomic E-state index is -0.252. The molecule has 0 bridgehead atoms. The van der Waals surface area contributed by atoms with Gasteiger partial charge in [0.25, 0.3) is 0 Å². The molecule has 1 atom stereocenters. The number of hydrogen-bond donors (Lipinski definition) is 2. The first-order valence-corrected chi connectivity index (χ1v) is 6.16. The lowest BCUT2D eigenvalue weighted by Gasteiger charge is -2.33. The summed E-state index contributed by atoms with van der Waals surface area (Å²) in [5.41, 5.74) is -0.252. The van der Waals surface area contributed by atoms with E-state index >= 15 is 0 Å². The van der Waals surface area contributed by atoms with Crippen LogP contribution in [0.25, 0.3) is 0 Å². The maximum Gasteiger partial charge on any atom is 0.240 e. The molecule has 5 heteroatoms. The van der Waals surface area contributed by atoms with Crippen LogP contribution in [0.2, 0.25) is 0 Å². The zero-order valence-electron chi connectivity index (χ0n) is 11.2. The van der Waals surface area contributed by atoms with E-state index in [0.29, 0.717) is 6.54 Å². The van der Waals surface area contributed by atoms with Gasteiger partial charge < -0.3 is 15.5 Å². The first kappa shape index (κ1) is 14.0. The summed E-state index contributed by atoms with van der Waals surface area (Å²) in [5.74, 6) is -0.0644. The number of carbonyl (C=O) groups excluding carboxylic acids is 2. The summed E-state index contributed by atoms with van der Waals surface area (Å²) in [5, 5.41) is 6.01. The molecular weight excluding hydrogens is 218 g/mol. The van der Waals surface area contributed by atoms with Crippen LogP contribution in [-0.2, 0) is 9.59 Å². The predicted octanol–water partition coefficient (Wildman–Crippen LogP) is 0.112.